The summed E-state index contributed by atoms with van der Waals surface area (Å²) < 4.78 is 0.990. The number of carbonyl (C=O) groups is 1. The fourth-order valence-corrected chi connectivity index (χ4v) is 2.39. The molecule has 0 aliphatic carbocycles. The molecule has 0 heterocycles. The van der Waals surface area contributed by atoms with Crippen LogP contribution >= 0.6 is 22.6 Å². The molecule has 0 bridgehead atoms. The maximum atomic E-state index is 12.4. The van der Waals surface area contributed by atoms with Crippen LogP contribution in [-0.2, 0) is 0 Å². The molecule has 2 aromatic carbocycles. The first-order chi connectivity index (χ1) is 9.11. The van der Waals surface area contributed by atoms with E-state index < -0.39 is 5.92 Å². The summed E-state index contributed by atoms with van der Waals surface area (Å²) in [5.41, 5.74) is 2.44. The van der Waals surface area contributed by atoms with Crippen LogP contribution in [0.15, 0.2) is 48.5 Å². The molecule has 1 unspecified atom stereocenters. The van der Waals surface area contributed by atoms with Crippen LogP contribution in [0, 0.1) is 21.8 Å². The second-order valence-corrected chi connectivity index (χ2v) is 5.59. The van der Waals surface area contributed by atoms with Gasteiger partial charge < -0.3 is 0 Å². The topological polar surface area (TPSA) is 40.9 Å². The zero-order valence-corrected chi connectivity index (χ0v) is 12.6. The van der Waals surface area contributed by atoms with Crippen LogP contribution in [-0.4, -0.2) is 5.78 Å². The van der Waals surface area contributed by atoms with Gasteiger partial charge in [-0.1, -0.05) is 42.0 Å². The molecule has 0 aliphatic rings. The Morgan fingerprint density at radius 3 is 2.47 bits per heavy atom. The molecule has 0 spiro atoms. The molecule has 0 aliphatic heterocycles. The predicted molar refractivity (Wildman–Crippen MR) is 83.0 cm³/mol. The van der Waals surface area contributed by atoms with E-state index in [0.29, 0.717) is 5.56 Å². The molecule has 0 radical (unpaired) electrons. The maximum absolute atomic E-state index is 12.4. The molecule has 0 aromatic heterocycles. The van der Waals surface area contributed by atoms with Gasteiger partial charge in [-0.25, -0.2) is 0 Å². The molecular formula is C16H12INO. The second-order valence-electron chi connectivity index (χ2n) is 4.35. The van der Waals surface area contributed by atoms with Crippen molar-refractivity contribution in [3.05, 3.63) is 68.8 Å². The first-order valence-corrected chi connectivity index (χ1v) is 6.95. The van der Waals surface area contributed by atoms with Gasteiger partial charge in [-0.3, -0.25) is 4.79 Å². The van der Waals surface area contributed by atoms with Gasteiger partial charge in [-0.2, -0.15) is 5.26 Å². The van der Waals surface area contributed by atoms with Gasteiger partial charge in [0.25, 0.3) is 0 Å². The number of rotatable bonds is 3. The quantitative estimate of drug-likeness (QED) is 0.610. The van der Waals surface area contributed by atoms with Crippen LogP contribution in [0.4, 0.5) is 0 Å². The van der Waals surface area contributed by atoms with Gasteiger partial charge in [0.1, 0.15) is 5.92 Å². The normalized spacial score (nSPS) is 11.6. The zero-order valence-electron chi connectivity index (χ0n) is 10.4. The number of nitrogens with zero attached hydrogens (tertiary/aromatic N) is 1. The average Bonchev–Trinajstić information content (AvgIpc) is 2.41. The van der Waals surface area contributed by atoms with Crippen LogP contribution in [0.1, 0.15) is 27.4 Å². The van der Waals surface area contributed by atoms with E-state index in [-0.39, 0.29) is 5.78 Å². The first-order valence-electron chi connectivity index (χ1n) is 5.88. The van der Waals surface area contributed by atoms with Crippen LogP contribution < -0.4 is 0 Å². The van der Waals surface area contributed by atoms with E-state index in [2.05, 4.69) is 28.7 Å². The molecule has 0 fully saturated rings. The molecule has 1 atom stereocenters. The number of benzene rings is 2. The van der Waals surface area contributed by atoms with Gasteiger partial charge in [0.2, 0.25) is 0 Å². The number of carbonyl (C=O) groups excluding carboxylic acids is 1. The summed E-state index contributed by atoms with van der Waals surface area (Å²) in [6, 6.07) is 16.9. The Balaban J connectivity index is 2.35. The third-order valence-corrected chi connectivity index (χ3v) is 3.58. The van der Waals surface area contributed by atoms with Crippen molar-refractivity contribution in [3.63, 3.8) is 0 Å². The minimum Gasteiger partial charge on any atom is -0.292 e. The Bertz CT molecular complexity index is 641. The van der Waals surface area contributed by atoms with Crippen LogP contribution in [0.5, 0.6) is 0 Å². The molecular weight excluding hydrogens is 349 g/mol. The van der Waals surface area contributed by atoms with Crippen LogP contribution in [0.25, 0.3) is 0 Å². The highest BCUT2D eigenvalue weighted by Crippen LogP contribution is 2.21. The number of ketones is 1. The van der Waals surface area contributed by atoms with Crippen molar-refractivity contribution in [1.29, 1.82) is 5.26 Å². The van der Waals surface area contributed by atoms with E-state index in [1.807, 2.05) is 43.3 Å². The summed E-state index contributed by atoms with van der Waals surface area (Å²) in [4.78, 5) is 12.4. The molecule has 94 valence electrons. The summed E-state index contributed by atoms with van der Waals surface area (Å²) in [6.07, 6.45) is 0. The van der Waals surface area contributed by atoms with E-state index >= 15 is 0 Å². The zero-order chi connectivity index (χ0) is 13.8. The lowest BCUT2D eigenvalue weighted by Crippen LogP contribution is -2.11. The largest absolute Gasteiger partial charge is 0.292 e. The number of hydrogen-bond donors (Lipinski definition) is 0. The standard InChI is InChI=1S/C16H12INO/c1-11-5-7-12(8-6-11)15(10-18)16(19)13-3-2-4-14(17)9-13/h2-9,15H,1H3. The summed E-state index contributed by atoms with van der Waals surface area (Å²) in [5.74, 6) is -0.885. The van der Waals surface area contributed by atoms with Gasteiger partial charge >= 0.3 is 0 Å². The highest BCUT2D eigenvalue weighted by Gasteiger charge is 2.21. The highest BCUT2D eigenvalue weighted by atomic mass is 127. The predicted octanol–water partition coefficient (Wildman–Crippen LogP) is 4.09. The van der Waals surface area contributed by atoms with E-state index in [1.165, 1.54) is 0 Å². The van der Waals surface area contributed by atoms with Crippen molar-refractivity contribution in [2.24, 2.45) is 0 Å². The van der Waals surface area contributed by atoms with E-state index in [9.17, 15) is 10.1 Å². The minimum atomic E-state index is -0.737. The lowest BCUT2D eigenvalue weighted by Gasteiger charge is -2.09. The monoisotopic (exact) mass is 361 g/mol. The molecule has 0 amide bonds. The van der Waals surface area contributed by atoms with Gasteiger partial charge in [0.05, 0.1) is 6.07 Å². The van der Waals surface area contributed by atoms with Crippen molar-refractivity contribution in [3.8, 4) is 6.07 Å². The average molecular weight is 361 g/mol. The Labute approximate surface area is 126 Å². The van der Waals surface area contributed by atoms with Gasteiger partial charge in [0.15, 0.2) is 5.78 Å². The van der Waals surface area contributed by atoms with Gasteiger partial charge in [-0.15, -0.1) is 0 Å². The molecule has 0 N–H and O–H groups in total. The summed E-state index contributed by atoms with van der Waals surface area (Å²) in [5, 5.41) is 9.28. The van der Waals surface area contributed by atoms with Crippen molar-refractivity contribution in [1.82, 2.24) is 0 Å². The van der Waals surface area contributed by atoms with Crippen LogP contribution in [0.2, 0.25) is 0 Å². The SMILES string of the molecule is Cc1ccc(C(C#N)C(=O)c2cccc(I)c2)cc1. The highest BCUT2D eigenvalue weighted by molar-refractivity contribution is 14.1. The summed E-state index contributed by atoms with van der Waals surface area (Å²) >= 11 is 2.16. The Hall–Kier alpha value is -1.67. The number of nitriles is 1. The van der Waals surface area contributed by atoms with Crippen molar-refractivity contribution in [2.75, 3.05) is 0 Å². The van der Waals surface area contributed by atoms with Gasteiger partial charge in [0, 0.05) is 9.13 Å². The number of Topliss-reactive ketones (excluding diaryl/α,β-unsaturated/α-hetero) is 1. The lowest BCUT2D eigenvalue weighted by molar-refractivity contribution is 0.0979. The third kappa shape index (κ3) is 3.21. The Morgan fingerprint density at radius 1 is 1.21 bits per heavy atom. The van der Waals surface area contributed by atoms with Crippen molar-refractivity contribution < 1.29 is 4.79 Å². The van der Waals surface area contributed by atoms with E-state index in [0.717, 1.165) is 14.7 Å². The van der Waals surface area contributed by atoms with Gasteiger partial charge in [-0.05, 0) is 47.2 Å². The first kappa shape index (κ1) is 13.8. The Morgan fingerprint density at radius 2 is 1.89 bits per heavy atom. The fraction of sp³-hybridized carbons (Fsp3) is 0.125. The summed E-state index contributed by atoms with van der Waals surface area (Å²) in [6.45, 7) is 1.98. The Kier molecular flexibility index (Phi) is 4.33. The number of aryl methyl sites for hydroxylation is 1. The molecule has 0 saturated heterocycles. The lowest BCUT2D eigenvalue weighted by atomic mass is 9.91. The minimum absolute atomic E-state index is 0.148. The summed E-state index contributed by atoms with van der Waals surface area (Å²) in [7, 11) is 0. The molecule has 19 heavy (non-hydrogen) atoms. The van der Waals surface area contributed by atoms with Crippen molar-refractivity contribution in [2.45, 2.75) is 12.8 Å². The van der Waals surface area contributed by atoms with Crippen LogP contribution in [0.3, 0.4) is 0 Å². The smallest absolute Gasteiger partial charge is 0.184 e. The molecule has 0 saturated carbocycles. The maximum Gasteiger partial charge on any atom is 0.184 e. The second kappa shape index (κ2) is 5.98. The molecule has 3 heteroatoms. The van der Waals surface area contributed by atoms with E-state index in [1.54, 1.807) is 12.1 Å². The van der Waals surface area contributed by atoms with E-state index in [4.69, 9.17) is 0 Å². The third-order valence-electron chi connectivity index (χ3n) is 2.91. The number of halogens is 1. The molecule has 2 aromatic rings. The molecule has 2 nitrogen and oxygen atoms in total. The number of hydrogen-bond acceptors (Lipinski definition) is 2. The molecule has 2 rings (SSSR count). The van der Waals surface area contributed by atoms with Crippen molar-refractivity contribution >= 4 is 28.4 Å². The fourth-order valence-electron chi connectivity index (χ4n) is 1.85.